The molecule has 7 aromatic carbocycles. The Labute approximate surface area is 297 Å². The molecular weight excluding hydrogens is 619 g/mol. The molecule has 242 valence electrons. The zero-order chi connectivity index (χ0) is 34.1. The molecule has 0 aliphatic heterocycles. The molecule has 3 heteroatoms. The Morgan fingerprint density at radius 1 is 0.569 bits per heavy atom. The number of hydrogen-bond donors (Lipinski definition) is 1. The zero-order valence-electron chi connectivity index (χ0n) is 28.3. The fourth-order valence-corrected chi connectivity index (χ4v) is 7.36. The molecule has 0 spiro atoms. The van der Waals surface area contributed by atoms with Crippen LogP contribution in [0.5, 0.6) is 0 Å². The highest BCUT2D eigenvalue weighted by atomic mass is 15.0. The van der Waals surface area contributed by atoms with Gasteiger partial charge < -0.3 is 9.55 Å². The molecule has 9 rings (SSSR count). The number of para-hydroxylation sites is 2. The number of H-pyrrole nitrogens is 1. The number of hydrogen-bond acceptors (Lipinski definition) is 1. The van der Waals surface area contributed by atoms with Gasteiger partial charge in [-0.2, -0.15) is 0 Å². The molecule has 0 amide bonds. The van der Waals surface area contributed by atoms with Crippen molar-refractivity contribution in [3.63, 3.8) is 0 Å². The van der Waals surface area contributed by atoms with Crippen molar-refractivity contribution < 1.29 is 0 Å². The normalized spacial score (nSPS) is 12.6. The average molecular weight is 654 g/mol. The average Bonchev–Trinajstić information content (AvgIpc) is 3.75. The van der Waals surface area contributed by atoms with Gasteiger partial charge in [-0.1, -0.05) is 152 Å². The van der Waals surface area contributed by atoms with Gasteiger partial charge in [-0.05, 0) is 69.8 Å². The summed E-state index contributed by atoms with van der Waals surface area (Å²) in [5.74, 6) is 0. The van der Waals surface area contributed by atoms with E-state index in [1.165, 1.54) is 43.7 Å². The van der Waals surface area contributed by atoms with Crippen LogP contribution >= 0.6 is 0 Å². The number of rotatable bonds is 7. The van der Waals surface area contributed by atoms with Crippen LogP contribution in [0.3, 0.4) is 0 Å². The van der Waals surface area contributed by atoms with Gasteiger partial charge >= 0.3 is 0 Å². The Balaban J connectivity index is 1.23. The molecule has 0 aliphatic carbocycles. The minimum atomic E-state index is 0.926. The van der Waals surface area contributed by atoms with E-state index in [0.717, 1.165) is 44.7 Å². The SMILES string of the molecule is C\N=C(/C=C(\C=C\c1cccc(-c2ccccc2)c1)c1cccc(-n2c3ccccc3c3ccc4c5ccccc5[nH]c4c32)c1)c1ccccc1. The fraction of sp³-hybridized carbons (Fsp3) is 0.0208. The standard InChI is InChI=1S/C48H35N3/c1-49-45(35-17-6-3-7-18-35)32-38(27-26-33-14-12-19-36(30-33)34-15-4-2-5-16-34)37-20-13-21-39(31-37)51-46-25-11-9-23-41(46)43-29-28-42-40-22-8-10-24-44(40)50-47(42)48(43)51/h2-32,50H,1H3/b27-26+,38-32+,49-45+. The summed E-state index contributed by atoms with van der Waals surface area (Å²) in [6.07, 6.45) is 6.63. The number of allylic oxidation sites excluding steroid dienone is 3. The van der Waals surface area contributed by atoms with Crippen LogP contribution in [0.15, 0.2) is 187 Å². The monoisotopic (exact) mass is 653 g/mol. The van der Waals surface area contributed by atoms with Crippen molar-refractivity contribution in [3.05, 3.63) is 199 Å². The molecule has 0 bridgehead atoms. The number of aliphatic imine (C=N–C) groups is 1. The van der Waals surface area contributed by atoms with E-state index < -0.39 is 0 Å². The predicted molar refractivity (Wildman–Crippen MR) is 218 cm³/mol. The van der Waals surface area contributed by atoms with Crippen LogP contribution in [0.1, 0.15) is 16.7 Å². The highest BCUT2D eigenvalue weighted by Crippen LogP contribution is 2.39. The molecule has 2 heterocycles. The summed E-state index contributed by atoms with van der Waals surface area (Å²) in [5, 5.41) is 4.93. The number of benzene rings is 7. The second-order valence-corrected chi connectivity index (χ2v) is 12.9. The number of aromatic nitrogens is 2. The lowest BCUT2D eigenvalue weighted by molar-refractivity contribution is 1.18. The Kier molecular flexibility index (Phi) is 7.71. The Hall–Kier alpha value is -6.71. The summed E-state index contributed by atoms with van der Waals surface area (Å²) < 4.78 is 2.42. The maximum absolute atomic E-state index is 4.74. The smallest absolute Gasteiger partial charge is 0.0783 e. The van der Waals surface area contributed by atoms with Gasteiger partial charge in [-0.15, -0.1) is 0 Å². The van der Waals surface area contributed by atoms with Crippen LogP contribution in [0.25, 0.3) is 72.1 Å². The van der Waals surface area contributed by atoms with Crippen LogP contribution in [0.4, 0.5) is 0 Å². The molecule has 9 aromatic rings. The Bertz CT molecular complexity index is 2790. The second-order valence-electron chi connectivity index (χ2n) is 12.9. The van der Waals surface area contributed by atoms with E-state index >= 15 is 0 Å². The molecule has 2 aromatic heterocycles. The lowest BCUT2D eigenvalue weighted by Gasteiger charge is -2.12. The first kappa shape index (κ1) is 30.4. The molecule has 0 saturated carbocycles. The molecule has 0 radical (unpaired) electrons. The maximum Gasteiger partial charge on any atom is 0.0783 e. The van der Waals surface area contributed by atoms with Crippen molar-refractivity contribution in [2.24, 2.45) is 4.99 Å². The maximum atomic E-state index is 4.74. The van der Waals surface area contributed by atoms with Crippen molar-refractivity contribution in [1.82, 2.24) is 9.55 Å². The molecular formula is C48H35N3. The third-order valence-electron chi connectivity index (χ3n) is 9.80. The summed E-state index contributed by atoms with van der Waals surface area (Å²) in [6, 6.07) is 60.3. The summed E-state index contributed by atoms with van der Waals surface area (Å²) >= 11 is 0. The van der Waals surface area contributed by atoms with E-state index in [9.17, 15) is 0 Å². The topological polar surface area (TPSA) is 33.1 Å². The highest BCUT2D eigenvalue weighted by molar-refractivity contribution is 6.22. The lowest BCUT2D eigenvalue weighted by Crippen LogP contribution is -1.99. The number of aromatic amines is 1. The molecule has 0 fully saturated rings. The molecule has 0 atom stereocenters. The van der Waals surface area contributed by atoms with Crippen molar-refractivity contribution in [3.8, 4) is 16.8 Å². The van der Waals surface area contributed by atoms with E-state index in [1.807, 2.05) is 13.1 Å². The van der Waals surface area contributed by atoms with Gasteiger partial charge in [0.25, 0.3) is 0 Å². The van der Waals surface area contributed by atoms with Gasteiger partial charge in [0, 0.05) is 39.8 Å². The molecule has 1 N–H and O–H groups in total. The summed E-state index contributed by atoms with van der Waals surface area (Å²) in [4.78, 5) is 8.52. The van der Waals surface area contributed by atoms with Crippen LogP contribution in [0, 0.1) is 0 Å². The Morgan fingerprint density at radius 2 is 1.25 bits per heavy atom. The van der Waals surface area contributed by atoms with Crippen LogP contribution in [-0.4, -0.2) is 22.3 Å². The second kappa shape index (κ2) is 13.0. The third kappa shape index (κ3) is 5.55. The summed E-state index contributed by atoms with van der Waals surface area (Å²) in [6.45, 7) is 0. The van der Waals surface area contributed by atoms with E-state index in [2.05, 4.69) is 192 Å². The lowest BCUT2D eigenvalue weighted by atomic mass is 9.98. The van der Waals surface area contributed by atoms with Gasteiger partial charge in [0.05, 0.1) is 22.3 Å². The van der Waals surface area contributed by atoms with Crippen LogP contribution in [0.2, 0.25) is 0 Å². The zero-order valence-corrected chi connectivity index (χ0v) is 28.3. The first-order valence-electron chi connectivity index (χ1n) is 17.4. The minimum absolute atomic E-state index is 0.926. The fourth-order valence-electron chi connectivity index (χ4n) is 7.36. The molecule has 0 unspecified atom stereocenters. The highest BCUT2D eigenvalue weighted by Gasteiger charge is 2.18. The van der Waals surface area contributed by atoms with E-state index in [4.69, 9.17) is 4.99 Å². The number of fused-ring (bicyclic) bond motifs is 7. The van der Waals surface area contributed by atoms with E-state index in [-0.39, 0.29) is 0 Å². The summed E-state index contributed by atoms with van der Waals surface area (Å²) in [7, 11) is 1.86. The van der Waals surface area contributed by atoms with Crippen LogP contribution in [-0.2, 0) is 0 Å². The first-order chi connectivity index (χ1) is 25.2. The van der Waals surface area contributed by atoms with Gasteiger partial charge in [0.2, 0.25) is 0 Å². The van der Waals surface area contributed by atoms with Gasteiger partial charge in [-0.3, -0.25) is 4.99 Å². The molecule has 3 nitrogen and oxygen atoms in total. The molecule has 0 saturated heterocycles. The van der Waals surface area contributed by atoms with Crippen molar-refractivity contribution in [2.75, 3.05) is 7.05 Å². The predicted octanol–water partition coefficient (Wildman–Crippen LogP) is 12.3. The van der Waals surface area contributed by atoms with Crippen molar-refractivity contribution in [1.29, 1.82) is 0 Å². The molecule has 51 heavy (non-hydrogen) atoms. The largest absolute Gasteiger partial charge is 0.353 e. The van der Waals surface area contributed by atoms with Crippen molar-refractivity contribution >= 4 is 61.0 Å². The first-order valence-corrected chi connectivity index (χ1v) is 17.4. The van der Waals surface area contributed by atoms with Gasteiger partial charge in [-0.25, -0.2) is 0 Å². The number of nitrogens with one attached hydrogen (secondary N) is 1. The minimum Gasteiger partial charge on any atom is -0.353 e. The van der Waals surface area contributed by atoms with E-state index in [0.29, 0.717) is 0 Å². The summed E-state index contributed by atoms with van der Waals surface area (Å²) in [5.41, 5.74) is 13.5. The third-order valence-corrected chi connectivity index (χ3v) is 9.80. The molecule has 0 aliphatic rings. The Morgan fingerprint density at radius 3 is 2.10 bits per heavy atom. The quantitative estimate of drug-likeness (QED) is 0.131. The van der Waals surface area contributed by atoms with Crippen LogP contribution < -0.4 is 0 Å². The number of nitrogens with zero attached hydrogens (tertiary/aromatic N) is 2. The van der Waals surface area contributed by atoms with Crippen molar-refractivity contribution in [2.45, 2.75) is 0 Å². The van der Waals surface area contributed by atoms with Gasteiger partial charge in [0.15, 0.2) is 0 Å². The van der Waals surface area contributed by atoms with E-state index in [1.54, 1.807) is 0 Å². The van der Waals surface area contributed by atoms with Gasteiger partial charge in [0.1, 0.15) is 0 Å².